The number of hydrogen-bond donors (Lipinski definition) is 4. The van der Waals surface area contributed by atoms with Crippen LogP contribution in [-0.4, -0.2) is 40.0 Å². The van der Waals surface area contributed by atoms with Crippen molar-refractivity contribution in [1.29, 1.82) is 0 Å². The van der Waals surface area contributed by atoms with Crippen LogP contribution in [0.2, 0.25) is 0 Å². The minimum absolute atomic E-state index is 0.121. The number of nitrogens with two attached hydrogens (primary N) is 1. The molecular formula is C30H49NO4. The van der Waals surface area contributed by atoms with Crippen LogP contribution in [0.25, 0.3) is 0 Å². The Morgan fingerprint density at radius 1 is 1.06 bits per heavy atom. The number of carboxylic acids is 1. The molecule has 2 rings (SSSR count). The van der Waals surface area contributed by atoms with E-state index in [9.17, 15) is 20.1 Å². The van der Waals surface area contributed by atoms with Gasteiger partial charge in [-0.3, -0.25) is 4.79 Å². The maximum absolute atomic E-state index is 12.1. The summed E-state index contributed by atoms with van der Waals surface area (Å²) in [6.07, 6.45) is 16.3. The predicted molar refractivity (Wildman–Crippen MR) is 143 cm³/mol. The van der Waals surface area contributed by atoms with Gasteiger partial charge in [0.05, 0.1) is 18.1 Å². The van der Waals surface area contributed by atoms with Crippen molar-refractivity contribution in [3.8, 4) is 0 Å². The number of carbonyl (C=O) groups is 1. The average Bonchev–Trinajstić information content (AvgIpc) is 2.84. The summed E-state index contributed by atoms with van der Waals surface area (Å²) in [6.45, 7) is 2.11. The van der Waals surface area contributed by atoms with Gasteiger partial charge in [-0.15, -0.1) is 0 Å². The molecule has 1 saturated carbocycles. The maximum atomic E-state index is 12.1. The van der Waals surface area contributed by atoms with Crippen molar-refractivity contribution in [1.82, 2.24) is 0 Å². The maximum Gasteiger partial charge on any atom is 0.309 e. The monoisotopic (exact) mass is 487 g/mol. The zero-order chi connectivity index (χ0) is 25.5. The second-order valence-corrected chi connectivity index (χ2v) is 10.6. The molecule has 0 spiro atoms. The fourth-order valence-electron chi connectivity index (χ4n) is 5.99. The number of allylic oxidation sites excluding steroid dienone is 1. The van der Waals surface area contributed by atoms with E-state index < -0.39 is 18.0 Å². The summed E-state index contributed by atoms with van der Waals surface area (Å²) in [4.78, 5) is 12.1. The molecule has 1 aromatic carbocycles. The zero-order valence-corrected chi connectivity index (χ0v) is 21.7. The van der Waals surface area contributed by atoms with E-state index in [1.165, 1.54) is 37.7 Å². The Balaban J connectivity index is 1.88. The molecule has 5 atom stereocenters. The molecule has 1 aromatic rings. The van der Waals surface area contributed by atoms with Crippen molar-refractivity contribution in [2.45, 2.75) is 103 Å². The molecule has 5 heteroatoms. The van der Waals surface area contributed by atoms with E-state index in [1.54, 1.807) is 6.92 Å². The van der Waals surface area contributed by atoms with Crippen molar-refractivity contribution in [3.63, 3.8) is 0 Å². The van der Waals surface area contributed by atoms with E-state index in [4.69, 9.17) is 5.73 Å². The number of aryl methyl sites for hydroxylation is 1. The molecular weight excluding hydrogens is 438 g/mol. The Labute approximate surface area is 212 Å². The molecule has 0 heterocycles. The van der Waals surface area contributed by atoms with Crippen LogP contribution in [0.1, 0.15) is 89.5 Å². The molecule has 0 aliphatic heterocycles. The molecule has 0 amide bonds. The third-order valence-corrected chi connectivity index (χ3v) is 7.87. The van der Waals surface area contributed by atoms with E-state index in [2.05, 4.69) is 18.2 Å². The van der Waals surface area contributed by atoms with Gasteiger partial charge in [0, 0.05) is 0 Å². The van der Waals surface area contributed by atoms with Crippen LogP contribution in [0, 0.1) is 23.7 Å². The van der Waals surface area contributed by atoms with Gasteiger partial charge in [-0.1, -0.05) is 87.4 Å². The number of hydrogen-bond acceptors (Lipinski definition) is 4. The summed E-state index contributed by atoms with van der Waals surface area (Å²) in [6, 6.07) is 10.1. The Kier molecular flexibility index (Phi) is 14.3. The van der Waals surface area contributed by atoms with Crippen molar-refractivity contribution in [2.75, 3.05) is 6.54 Å². The van der Waals surface area contributed by atoms with Gasteiger partial charge >= 0.3 is 5.97 Å². The molecule has 1 aliphatic carbocycles. The molecule has 35 heavy (non-hydrogen) atoms. The van der Waals surface area contributed by atoms with Gasteiger partial charge in [0.15, 0.2) is 0 Å². The molecule has 198 valence electrons. The van der Waals surface area contributed by atoms with Gasteiger partial charge in [-0.25, -0.2) is 0 Å². The normalized spacial score (nSPS) is 19.3. The van der Waals surface area contributed by atoms with Gasteiger partial charge < -0.3 is 21.1 Å². The summed E-state index contributed by atoms with van der Waals surface area (Å²) in [5.74, 6) is -0.992. The van der Waals surface area contributed by atoms with Crippen LogP contribution in [0.15, 0.2) is 42.5 Å². The fourth-order valence-corrected chi connectivity index (χ4v) is 5.99. The van der Waals surface area contributed by atoms with E-state index in [0.29, 0.717) is 12.5 Å². The highest BCUT2D eigenvalue weighted by molar-refractivity contribution is 5.71. The third kappa shape index (κ3) is 11.3. The molecule has 1 fully saturated rings. The Bertz CT molecular complexity index is 714. The van der Waals surface area contributed by atoms with E-state index in [1.807, 2.05) is 24.3 Å². The zero-order valence-electron chi connectivity index (χ0n) is 21.7. The highest BCUT2D eigenvalue weighted by Gasteiger charge is 2.36. The standard InChI is InChI=1S/C30H49NO4/c1-23(32)29(30(34)35)28(19-18-24-12-6-4-7-13-24)26(20-21-31)16-10-2-3-11-17-27(33)22-25-14-8-5-9-15-25/h4,6-7,11-13,17,23,25-29,32-33H,2-3,5,8-10,14-16,18-22,31H2,1H3,(H,34,35). The van der Waals surface area contributed by atoms with Gasteiger partial charge in [0.25, 0.3) is 0 Å². The Morgan fingerprint density at radius 2 is 1.77 bits per heavy atom. The van der Waals surface area contributed by atoms with Crippen molar-refractivity contribution < 1.29 is 20.1 Å². The molecule has 0 bridgehead atoms. The average molecular weight is 488 g/mol. The third-order valence-electron chi connectivity index (χ3n) is 7.87. The Morgan fingerprint density at radius 3 is 2.40 bits per heavy atom. The van der Waals surface area contributed by atoms with Crippen LogP contribution in [0.5, 0.6) is 0 Å². The molecule has 5 unspecified atom stereocenters. The summed E-state index contributed by atoms with van der Waals surface area (Å²) >= 11 is 0. The van der Waals surface area contributed by atoms with E-state index in [0.717, 1.165) is 51.4 Å². The fraction of sp³-hybridized carbons (Fsp3) is 0.700. The largest absolute Gasteiger partial charge is 0.481 e. The number of aliphatic hydroxyl groups is 2. The number of rotatable bonds is 17. The second-order valence-electron chi connectivity index (χ2n) is 10.6. The van der Waals surface area contributed by atoms with E-state index >= 15 is 0 Å². The van der Waals surface area contributed by atoms with Gasteiger partial charge in [0.1, 0.15) is 0 Å². The van der Waals surface area contributed by atoms with Crippen molar-refractivity contribution in [3.05, 3.63) is 48.0 Å². The highest BCUT2D eigenvalue weighted by Crippen LogP contribution is 2.35. The molecule has 5 nitrogen and oxygen atoms in total. The number of aliphatic hydroxyl groups excluding tert-OH is 2. The van der Waals surface area contributed by atoms with Crippen molar-refractivity contribution >= 4 is 5.97 Å². The first-order valence-corrected chi connectivity index (χ1v) is 13.9. The predicted octanol–water partition coefficient (Wildman–Crippen LogP) is 5.73. The van der Waals surface area contributed by atoms with E-state index in [-0.39, 0.29) is 17.9 Å². The molecule has 0 aromatic heterocycles. The first kappa shape index (κ1) is 29.5. The summed E-state index contributed by atoms with van der Waals surface area (Å²) in [5, 5.41) is 30.6. The van der Waals surface area contributed by atoms with Crippen molar-refractivity contribution in [2.24, 2.45) is 29.4 Å². The lowest BCUT2D eigenvalue weighted by molar-refractivity contribution is -0.149. The summed E-state index contributed by atoms with van der Waals surface area (Å²) < 4.78 is 0. The minimum Gasteiger partial charge on any atom is -0.481 e. The number of aliphatic carboxylic acids is 1. The number of unbranched alkanes of at least 4 members (excludes halogenated alkanes) is 2. The van der Waals surface area contributed by atoms with Crippen LogP contribution >= 0.6 is 0 Å². The van der Waals surface area contributed by atoms with Crippen LogP contribution in [-0.2, 0) is 11.2 Å². The van der Waals surface area contributed by atoms with Gasteiger partial charge in [-0.05, 0) is 75.3 Å². The van der Waals surface area contributed by atoms with Gasteiger partial charge in [0.2, 0.25) is 0 Å². The highest BCUT2D eigenvalue weighted by atomic mass is 16.4. The molecule has 0 radical (unpaired) electrons. The SMILES string of the molecule is CC(O)C(C(=O)O)C(CCc1ccccc1)C(CCN)CCCCC=CC(O)CC1CCCCC1. The first-order chi connectivity index (χ1) is 16.9. The van der Waals surface area contributed by atoms with Gasteiger partial charge in [-0.2, -0.15) is 0 Å². The first-order valence-electron chi connectivity index (χ1n) is 13.9. The molecule has 0 saturated heterocycles. The Hall–Kier alpha value is -1.69. The van der Waals surface area contributed by atoms with Crippen LogP contribution in [0.3, 0.4) is 0 Å². The number of carboxylic acid groups (broad SMARTS) is 1. The minimum atomic E-state index is -0.921. The molecule has 5 N–H and O–H groups in total. The summed E-state index contributed by atoms with van der Waals surface area (Å²) in [5.41, 5.74) is 7.13. The lowest BCUT2D eigenvalue weighted by Gasteiger charge is -2.33. The lowest BCUT2D eigenvalue weighted by Crippen LogP contribution is -2.38. The van der Waals surface area contributed by atoms with Crippen LogP contribution < -0.4 is 5.73 Å². The topological polar surface area (TPSA) is 104 Å². The second kappa shape index (κ2) is 16.9. The molecule has 1 aliphatic rings. The summed E-state index contributed by atoms with van der Waals surface area (Å²) in [7, 11) is 0. The number of benzene rings is 1. The quantitative estimate of drug-likeness (QED) is 0.166. The smallest absolute Gasteiger partial charge is 0.309 e. The van der Waals surface area contributed by atoms with Crippen LogP contribution in [0.4, 0.5) is 0 Å². The lowest BCUT2D eigenvalue weighted by atomic mass is 9.72.